The number of halogens is 1. The van der Waals surface area contributed by atoms with Crippen LogP contribution in [0.5, 0.6) is 0 Å². The van der Waals surface area contributed by atoms with Gasteiger partial charge < -0.3 is 9.64 Å². The number of benzene rings is 1. The quantitative estimate of drug-likeness (QED) is 0.673. The van der Waals surface area contributed by atoms with E-state index in [1.807, 2.05) is 45.0 Å². The van der Waals surface area contributed by atoms with E-state index in [-0.39, 0.29) is 17.2 Å². The van der Waals surface area contributed by atoms with E-state index < -0.39 is 0 Å². The summed E-state index contributed by atoms with van der Waals surface area (Å²) in [5.41, 5.74) is 1.28. The molecule has 1 aliphatic rings. The molecule has 0 radical (unpaired) electrons. The first-order valence-electron chi connectivity index (χ1n) is 8.93. The maximum absolute atomic E-state index is 12.6. The van der Waals surface area contributed by atoms with Gasteiger partial charge in [0.15, 0.2) is 5.65 Å². The standard InChI is InChI=1S/C19H22BrN5O2/c1-19(2,3)25-16-14(10-21-25)17(26)23-18(22-16)24-8-9-27-15(11-24)12-4-6-13(20)7-5-12/h4-7,10,15H,8-9,11H2,1-3H3,(H,22,23,26). The van der Waals surface area contributed by atoms with Crippen molar-refractivity contribution in [3.8, 4) is 0 Å². The minimum Gasteiger partial charge on any atom is -0.370 e. The molecule has 1 unspecified atom stereocenters. The molecule has 1 atom stereocenters. The van der Waals surface area contributed by atoms with E-state index >= 15 is 0 Å². The Labute approximate surface area is 165 Å². The molecule has 0 saturated carbocycles. The van der Waals surface area contributed by atoms with Gasteiger partial charge in [0.05, 0.1) is 24.9 Å². The van der Waals surface area contributed by atoms with Gasteiger partial charge in [0, 0.05) is 11.0 Å². The van der Waals surface area contributed by atoms with Crippen LogP contribution in [-0.2, 0) is 10.3 Å². The molecule has 1 N–H and O–H groups in total. The topological polar surface area (TPSA) is 76.0 Å². The first kappa shape index (κ1) is 18.2. The van der Waals surface area contributed by atoms with Crippen molar-refractivity contribution in [3.63, 3.8) is 0 Å². The first-order valence-corrected chi connectivity index (χ1v) is 9.73. The van der Waals surface area contributed by atoms with Gasteiger partial charge in [0.1, 0.15) is 11.5 Å². The zero-order valence-electron chi connectivity index (χ0n) is 15.6. The maximum Gasteiger partial charge on any atom is 0.263 e. The number of nitrogens with zero attached hydrogens (tertiary/aromatic N) is 4. The lowest BCUT2D eigenvalue weighted by atomic mass is 10.1. The number of hydrogen-bond donors (Lipinski definition) is 1. The number of hydrogen-bond acceptors (Lipinski definition) is 5. The van der Waals surface area contributed by atoms with Crippen LogP contribution in [0.25, 0.3) is 11.0 Å². The molecule has 0 spiro atoms. The predicted molar refractivity (Wildman–Crippen MR) is 108 cm³/mol. The van der Waals surface area contributed by atoms with E-state index in [1.54, 1.807) is 10.9 Å². The van der Waals surface area contributed by atoms with Crippen LogP contribution >= 0.6 is 15.9 Å². The van der Waals surface area contributed by atoms with Crippen LogP contribution in [0.15, 0.2) is 39.7 Å². The fraction of sp³-hybridized carbons (Fsp3) is 0.421. The van der Waals surface area contributed by atoms with Crippen molar-refractivity contribution in [2.24, 2.45) is 0 Å². The van der Waals surface area contributed by atoms with Crippen LogP contribution in [0.3, 0.4) is 0 Å². The molecule has 27 heavy (non-hydrogen) atoms. The van der Waals surface area contributed by atoms with Gasteiger partial charge in [-0.2, -0.15) is 10.1 Å². The van der Waals surface area contributed by atoms with E-state index in [0.717, 1.165) is 10.0 Å². The third-order valence-electron chi connectivity index (χ3n) is 4.67. The van der Waals surface area contributed by atoms with Crippen LogP contribution < -0.4 is 10.5 Å². The molecular formula is C19H22BrN5O2. The highest BCUT2D eigenvalue weighted by atomic mass is 79.9. The third kappa shape index (κ3) is 3.51. The largest absolute Gasteiger partial charge is 0.370 e. The molecule has 8 heteroatoms. The first-order chi connectivity index (χ1) is 12.8. The summed E-state index contributed by atoms with van der Waals surface area (Å²) in [6.45, 7) is 7.99. The number of nitrogens with one attached hydrogen (secondary N) is 1. The zero-order valence-corrected chi connectivity index (χ0v) is 17.2. The molecule has 142 valence electrons. The van der Waals surface area contributed by atoms with Crippen molar-refractivity contribution in [1.29, 1.82) is 0 Å². The minimum atomic E-state index is -0.259. The molecule has 4 rings (SSSR count). The molecule has 7 nitrogen and oxygen atoms in total. The molecule has 0 aliphatic carbocycles. The molecule has 1 saturated heterocycles. The van der Waals surface area contributed by atoms with Gasteiger partial charge in [-0.3, -0.25) is 9.78 Å². The Morgan fingerprint density at radius 2 is 2.00 bits per heavy atom. The second-order valence-corrected chi connectivity index (χ2v) is 8.63. The lowest BCUT2D eigenvalue weighted by molar-refractivity contribution is 0.0392. The Morgan fingerprint density at radius 3 is 2.70 bits per heavy atom. The van der Waals surface area contributed by atoms with Crippen molar-refractivity contribution in [3.05, 3.63) is 50.9 Å². The monoisotopic (exact) mass is 431 g/mol. The molecular weight excluding hydrogens is 410 g/mol. The highest BCUT2D eigenvalue weighted by Crippen LogP contribution is 2.26. The van der Waals surface area contributed by atoms with Crippen molar-refractivity contribution >= 4 is 32.9 Å². The predicted octanol–water partition coefficient (Wildman–Crippen LogP) is 3.22. The van der Waals surface area contributed by atoms with Gasteiger partial charge >= 0.3 is 0 Å². The van der Waals surface area contributed by atoms with E-state index in [2.05, 4.69) is 30.9 Å². The third-order valence-corrected chi connectivity index (χ3v) is 5.20. The summed E-state index contributed by atoms with van der Waals surface area (Å²) >= 11 is 3.46. The summed E-state index contributed by atoms with van der Waals surface area (Å²) in [4.78, 5) is 22.3. The van der Waals surface area contributed by atoms with Crippen LogP contribution in [0, 0.1) is 0 Å². The highest BCUT2D eigenvalue weighted by molar-refractivity contribution is 9.10. The van der Waals surface area contributed by atoms with Crippen LogP contribution in [0.4, 0.5) is 5.95 Å². The zero-order chi connectivity index (χ0) is 19.2. The number of ether oxygens (including phenoxy) is 1. The van der Waals surface area contributed by atoms with Gasteiger partial charge in [-0.15, -0.1) is 0 Å². The van der Waals surface area contributed by atoms with Gasteiger partial charge in [0.2, 0.25) is 5.95 Å². The Morgan fingerprint density at radius 1 is 1.26 bits per heavy atom. The molecule has 0 bridgehead atoms. The van der Waals surface area contributed by atoms with E-state index in [9.17, 15) is 4.79 Å². The van der Waals surface area contributed by atoms with Gasteiger partial charge in [-0.1, -0.05) is 28.1 Å². The Balaban J connectivity index is 1.69. The SMILES string of the molecule is CC(C)(C)n1ncc2c(=O)[nH]c(N3CCOC(c4ccc(Br)cc4)C3)nc21. The lowest BCUT2D eigenvalue weighted by Crippen LogP contribution is -2.40. The Kier molecular flexibility index (Phi) is 4.55. The smallest absolute Gasteiger partial charge is 0.263 e. The number of fused-ring (bicyclic) bond motifs is 1. The number of aromatic nitrogens is 4. The summed E-state index contributed by atoms with van der Waals surface area (Å²) in [7, 11) is 0. The number of rotatable bonds is 2. The normalized spacial score (nSPS) is 18.2. The molecule has 2 aromatic heterocycles. The molecule has 1 fully saturated rings. The van der Waals surface area contributed by atoms with Crippen molar-refractivity contribution in [2.45, 2.75) is 32.4 Å². The second-order valence-electron chi connectivity index (χ2n) is 7.71. The van der Waals surface area contributed by atoms with Gasteiger partial charge in [-0.05, 0) is 38.5 Å². The number of anilines is 1. The van der Waals surface area contributed by atoms with Crippen molar-refractivity contribution in [1.82, 2.24) is 19.7 Å². The summed E-state index contributed by atoms with van der Waals surface area (Å²) in [5, 5.41) is 4.88. The highest BCUT2D eigenvalue weighted by Gasteiger charge is 2.26. The molecule has 3 aromatic rings. The Bertz CT molecular complexity index is 1020. The number of H-pyrrole nitrogens is 1. The second kappa shape index (κ2) is 6.76. The molecule has 3 heterocycles. The summed E-state index contributed by atoms with van der Waals surface area (Å²) in [6, 6.07) is 8.11. The molecule has 1 aromatic carbocycles. The number of morpholine rings is 1. The van der Waals surface area contributed by atoms with E-state index in [0.29, 0.717) is 36.7 Å². The van der Waals surface area contributed by atoms with E-state index in [1.165, 1.54) is 0 Å². The van der Waals surface area contributed by atoms with Crippen molar-refractivity contribution in [2.75, 3.05) is 24.6 Å². The van der Waals surface area contributed by atoms with Crippen molar-refractivity contribution < 1.29 is 4.74 Å². The molecule has 1 aliphatic heterocycles. The lowest BCUT2D eigenvalue weighted by Gasteiger charge is -2.33. The average Bonchev–Trinajstić information content (AvgIpc) is 3.07. The average molecular weight is 432 g/mol. The van der Waals surface area contributed by atoms with Crippen LogP contribution in [-0.4, -0.2) is 39.4 Å². The fourth-order valence-electron chi connectivity index (χ4n) is 3.27. The molecule has 0 amide bonds. The van der Waals surface area contributed by atoms with Crippen LogP contribution in [0.1, 0.15) is 32.4 Å². The Hall–Kier alpha value is -2.19. The van der Waals surface area contributed by atoms with Crippen LogP contribution in [0.2, 0.25) is 0 Å². The summed E-state index contributed by atoms with van der Waals surface area (Å²) in [5.74, 6) is 0.559. The van der Waals surface area contributed by atoms with Gasteiger partial charge in [-0.25, -0.2) is 4.68 Å². The summed E-state index contributed by atoms with van der Waals surface area (Å²) < 4.78 is 8.77. The van der Waals surface area contributed by atoms with Gasteiger partial charge in [0.25, 0.3) is 5.56 Å². The number of aromatic amines is 1. The fourth-order valence-corrected chi connectivity index (χ4v) is 3.53. The summed E-state index contributed by atoms with van der Waals surface area (Å²) in [6.07, 6.45) is 1.51. The maximum atomic E-state index is 12.6. The van der Waals surface area contributed by atoms with E-state index in [4.69, 9.17) is 9.72 Å². The minimum absolute atomic E-state index is 0.0691.